The molecule has 5 nitrogen and oxygen atoms in total. The highest BCUT2D eigenvalue weighted by atomic mass is 16.1. The molecule has 0 heterocycles. The Morgan fingerprint density at radius 3 is 2.76 bits per heavy atom. The van der Waals surface area contributed by atoms with Crippen LogP contribution in [0.2, 0.25) is 0 Å². The summed E-state index contributed by atoms with van der Waals surface area (Å²) in [6.07, 6.45) is 0.676. The predicted octanol–water partition coefficient (Wildman–Crippen LogP) is 0.682. The second-order valence-electron chi connectivity index (χ2n) is 3.49. The van der Waals surface area contributed by atoms with Crippen molar-refractivity contribution in [2.75, 3.05) is 18.0 Å². The van der Waals surface area contributed by atoms with E-state index in [4.69, 9.17) is 11.0 Å². The van der Waals surface area contributed by atoms with Gasteiger partial charge in [0.05, 0.1) is 17.8 Å². The molecule has 0 unspecified atom stereocenters. The van der Waals surface area contributed by atoms with E-state index in [-0.39, 0.29) is 6.54 Å². The molecule has 5 heteroatoms. The normalized spacial score (nSPS) is 9.41. The van der Waals surface area contributed by atoms with Crippen LogP contribution in [-0.2, 0) is 4.79 Å². The molecule has 0 fully saturated rings. The second-order valence-corrected chi connectivity index (χ2v) is 3.49. The van der Waals surface area contributed by atoms with Gasteiger partial charge in [0.15, 0.2) is 0 Å². The lowest BCUT2D eigenvalue weighted by Crippen LogP contribution is -2.34. The molecule has 0 aliphatic carbocycles. The van der Waals surface area contributed by atoms with Crippen molar-refractivity contribution < 1.29 is 9.59 Å². The first kappa shape index (κ1) is 12.7. The Morgan fingerprint density at radius 1 is 1.59 bits per heavy atom. The molecule has 1 aromatic carbocycles. The third-order valence-electron chi connectivity index (χ3n) is 2.35. The Hall–Kier alpha value is -2.35. The molecule has 0 aliphatic heterocycles. The topological polar surface area (TPSA) is 87.2 Å². The second kappa shape index (κ2) is 5.66. The number of amides is 1. The molecule has 0 saturated heterocycles. The standard InChI is InChI=1S/C12H13N3O2/c1-2-15(7-12(14)17)11-4-3-9(8-16)5-10(11)6-13/h3-5,8H,2,7H2,1H3,(H2,14,17). The average Bonchev–Trinajstić information content (AvgIpc) is 2.35. The van der Waals surface area contributed by atoms with Gasteiger partial charge in [0, 0.05) is 12.1 Å². The number of hydrogen-bond donors (Lipinski definition) is 1. The SMILES string of the molecule is CCN(CC(N)=O)c1ccc(C=O)cc1C#N. The summed E-state index contributed by atoms with van der Waals surface area (Å²) in [6.45, 7) is 2.46. The van der Waals surface area contributed by atoms with Gasteiger partial charge < -0.3 is 10.6 Å². The van der Waals surface area contributed by atoms with E-state index in [9.17, 15) is 9.59 Å². The first-order valence-electron chi connectivity index (χ1n) is 5.15. The van der Waals surface area contributed by atoms with Crippen molar-refractivity contribution in [3.63, 3.8) is 0 Å². The summed E-state index contributed by atoms with van der Waals surface area (Å²) in [4.78, 5) is 23.2. The number of rotatable bonds is 5. The van der Waals surface area contributed by atoms with Crippen molar-refractivity contribution in [1.82, 2.24) is 0 Å². The van der Waals surface area contributed by atoms with Gasteiger partial charge in [-0.2, -0.15) is 5.26 Å². The Morgan fingerprint density at radius 2 is 2.29 bits per heavy atom. The summed E-state index contributed by atoms with van der Waals surface area (Å²) >= 11 is 0. The van der Waals surface area contributed by atoms with E-state index in [1.165, 1.54) is 6.07 Å². The van der Waals surface area contributed by atoms with Crippen LogP contribution < -0.4 is 10.6 Å². The minimum atomic E-state index is -0.463. The van der Waals surface area contributed by atoms with Crippen LogP contribution in [0.3, 0.4) is 0 Å². The predicted molar refractivity (Wildman–Crippen MR) is 63.6 cm³/mol. The molecule has 2 N–H and O–H groups in total. The minimum Gasteiger partial charge on any atom is -0.368 e. The van der Waals surface area contributed by atoms with Gasteiger partial charge in [-0.05, 0) is 25.1 Å². The number of likely N-dealkylation sites (N-methyl/N-ethyl adjacent to an activating group) is 1. The molecule has 0 bridgehead atoms. The lowest BCUT2D eigenvalue weighted by atomic mass is 10.1. The van der Waals surface area contributed by atoms with Crippen molar-refractivity contribution in [2.24, 2.45) is 5.73 Å². The van der Waals surface area contributed by atoms with Gasteiger partial charge in [0.2, 0.25) is 5.91 Å². The first-order chi connectivity index (χ1) is 8.12. The van der Waals surface area contributed by atoms with E-state index in [1.807, 2.05) is 13.0 Å². The number of carbonyl (C=O) groups is 2. The summed E-state index contributed by atoms with van der Waals surface area (Å²) in [5.74, 6) is -0.463. The van der Waals surface area contributed by atoms with Gasteiger partial charge >= 0.3 is 0 Å². The van der Waals surface area contributed by atoms with Crippen LogP contribution in [0.5, 0.6) is 0 Å². The maximum Gasteiger partial charge on any atom is 0.236 e. The maximum absolute atomic E-state index is 10.9. The zero-order valence-corrected chi connectivity index (χ0v) is 9.51. The number of aldehydes is 1. The molecule has 0 spiro atoms. The average molecular weight is 231 g/mol. The van der Waals surface area contributed by atoms with Crippen LogP contribution in [0.25, 0.3) is 0 Å². The Balaban J connectivity index is 3.15. The zero-order valence-electron chi connectivity index (χ0n) is 9.51. The molecule has 1 amide bonds. The zero-order chi connectivity index (χ0) is 12.8. The maximum atomic E-state index is 10.9. The van der Waals surface area contributed by atoms with E-state index in [1.54, 1.807) is 17.0 Å². The van der Waals surface area contributed by atoms with Crippen molar-refractivity contribution in [3.8, 4) is 6.07 Å². The number of hydrogen-bond acceptors (Lipinski definition) is 4. The lowest BCUT2D eigenvalue weighted by Gasteiger charge is -2.22. The van der Waals surface area contributed by atoms with Crippen molar-refractivity contribution in [3.05, 3.63) is 29.3 Å². The van der Waals surface area contributed by atoms with Crippen LogP contribution in [0, 0.1) is 11.3 Å². The van der Waals surface area contributed by atoms with Crippen LogP contribution in [-0.4, -0.2) is 25.3 Å². The van der Waals surface area contributed by atoms with E-state index in [2.05, 4.69) is 0 Å². The molecule has 17 heavy (non-hydrogen) atoms. The Bertz CT molecular complexity index is 477. The molecular weight excluding hydrogens is 218 g/mol. The molecule has 0 aliphatic rings. The van der Waals surface area contributed by atoms with E-state index in [0.29, 0.717) is 29.6 Å². The molecule has 0 saturated carbocycles. The van der Waals surface area contributed by atoms with E-state index >= 15 is 0 Å². The highest BCUT2D eigenvalue weighted by Crippen LogP contribution is 2.20. The molecule has 88 valence electrons. The third kappa shape index (κ3) is 3.05. The highest BCUT2D eigenvalue weighted by molar-refractivity contribution is 5.82. The van der Waals surface area contributed by atoms with Gasteiger partial charge in [-0.15, -0.1) is 0 Å². The Labute approximate surface area is 99.4 Å². The van der Waals surface area contributed by atoms with Crippen molar-refractivity contribution >= 4 is 17.9 Å². The monoisotopic (exact) mass is 231 g/mol. The molecule has 0 atom stereocenters. The van der Waals surface area contributed by atoms with Gasteiger partial charge in [-0.25, -0.2) is 0 Å². The number of anilines is 1. The van der Waals surface area contributed by atoms with Gasteiger partial charge in [-0.3, -0.25) is 9.59 Å². The van der Waals surface area contributed by atoms with Crippen molar-refractivity contribution in [1.29, 1.82) is 5.26 Å². The fourth-order valence-electron chi connectivity index (χ4n) is 1.55. The van der Waals surface area contributed by atoms with Gasteiger partial charge in [0.25, 0.3) is 0 Å². The summed E-state index contributed by atoms with van der Waals surface area (Å²) in [5, 5.41) is 9.01. The number of carbonyl (C=O) groups excluding carboxylic acids is 2. The third-order valence-corrected chi connectivity index (χ3v) is 2.35. The van der Waals surface area contributed by atoms with E-state index < -0.39 is 5.91 Å². The number of nitrogens with two attached hydrogens (primary N) is 1. The van der Waals surface area contributed by atoms with Gasteiger partial charge in [-0.1, -0.05) is 0 Å². The lowest BCUT2D eigenvalue weighted by molar-refractivity contribution is -0.116. The molecular formula is C12H13N3O2. The number of nitrogens with zero attached hydrogens (tertiary/aromatic N) is 2. The molecule has 1 rings (SSSR count). The Kier molecular flexibility index (Phi) is 4.23. The summed E-state index contributed by atoms with van der Waals surface area (Å²) in [6, 6.07) is 6.75. The van der Waals surface area contributed by atoms with Crippen LogP contribution >= 0.6 is 0 Å². The quantitative estimate of drug-likeness (QED) is 0.755. The highest BCUT2D eigenvalue weighted by Gasteiger charge is 2.12. The van der Waals surface area contributed by atoms with Crippen LogP contribution in [0.15, 0.2) is 18.2 Å². The summed E-state index contributed by atoms with van der Waals surface area (Å²) < 4.78 is 0. The summed E-state index contributed by atoms with van der Waals surface area (Å²) in [7, 11) is 0. The largest absolute Gasteiger partial charge is 0.368 e. The number of nitriles is 1. The smallest absolute Gasteiger partial charge is 0.236 e. The molecule has 0 radical (unpaired) electrons. The van der Waals surface area contributed by atoms with Crippen molar-refractivity contribution in [2.45, 2.75) is 6.92 Å². The molecule has 1 aromatic rings. The van der Waals surface area contributed by atoms with Crippen LogP contribution in [0.4, 0.5) is 5.69 Å². The van der Waals surface area contributed by atoms with Gasteiger partial charge in [0.1, 0.15) is 12.4 Å². The van der Waals surface area contributed by atoms with Crippen LogP contribution in [0.1, 0.15) is 22.8 Å². The van der Waals surface area contributed by atoms with E-state index in [0.717, 1.165) is 0 Å². The minimum absolute atomic E-state index is 0.0472. The number of primary amides is 1. The molecule has 0 aromatic heterocycles. The summed E-state index contributed by atoms with van der Waals surface area (Å²) in [5.41, 5.74) is 6.53. The number of benzene rings is 1. The fraction of sp³-hybridized carbons (Fsp3) is 0.250. The first-order valence-corrected chi connectivity index (χ1v) is 5.15. The fourth-order valence-corrected chi connectivity index (χ4v) is 1.55.